The van der Waals surface area contributed by atoms with Crippen molar-refractivity contribution < 1.29 is 0 Å². The molecule has 0 aliphatic carbocycles. The van der Waals surface area contributed by atoms with Crippen LogP contribution >= 0.6 is 0 Å². The van der Waals surface area contributed by atoms with E-state index in [0.29, 0.717) is 0 Å². The molecule has 0 bridgehead atoms. The van der Waals surface area contributed by atoms with Crippen LogP contribution in [0.2, 0.25) is 0 Å². The molecular weight excluding hydrogens is 174 g/mol. The Labute approximate surface area is 84.3 Å². The molecule has 0 radical (unpaired) electrons. The van der Waals surface area contributed by atoms with Gasteiger partial charge < -0.3 is 5.32 Å². The number of hydrogen-bond acceptors (Lipinski definition) is 3. The minimum atomic E-state index is 0.908. The number of aliphatic imine (C=N–C) groups is 1. The van der Waals surface area contributed by atoms with Gasteiger partial charge in [0, 0.05) is 31.1 Å². The van der Waals surface area contributed by atoms with Crippen LogP contribution in [0.1, 0.15) is 24.8 Å². The second kappa shape index (κ2) is 4.22. The van der Waals surface area contributed by atoms with Crippen molar-refractivity contribution in [1.29, 1.82) is 0 Å². The first-order chi connectivity index (χ1) is 6.90. The van der Waals surface area contributed by atoms with E-state index in [1.165, 1.54) is 24.1 Å². The van der Waals surface area contributed by atoms with Crippen molar-refractivity contribution in [2.24, 2.45) is 4.99 Å². The van der Waals surface area contributed by atoms with Crippen molar-refractivity contribution in [1.82, 2.24) is 4.98 Å². The lowest BCUT2D eigenvalue weighted by atomic mass is 10.0. The molecule has 0 aromatic carbocycles. The summed E-state index contributed by atoms with van der Waals surface area (Å²) in [7, 11) is 1.88. The lowest BCUT2D eigenvalue weighted by molar-refractivity contribution is 0.738. The highest BCUT2D eigenvalue weighted by Gasteiger charge is 2.07. The SMILES string of the molecule is CNc1ccc(C2=NCCCC2)cn1. The number of pyridine rings is 1. The van der Waals surface area contributed by atoms with Crippen molar-refractivity contribution in [2.75, 3.05) is 18.9 Å². The average Bonchev–Trinajstić information content (AvgIpc) is 2.30. The Bertz CT molecular complexity index is 327. The van der Waals surface area contributed by atoms with E-state index in [4.69, 9.17) is 0 Å². The monoisotopic (exact) mass is 189 g/mol. The summed E-state index contributed by atoms with van der Waals surface area (Å²) in [5.41, 5.74) is 2.38. The molecule has 0 fully saturated rings. The molecule has 0 saturated carbocycles. The molecule has 74 valence electrons. The van der Waals surface area contributed by atoms with Gasteiger partial charge in [-0.25, -0.2) is 4.98 Å². The molecule has 2 heterocycles. The van der Waals surface area contributed by atoms with Crippen LogP contribution in [0.25, 0.3) is 0 Å². The third-order valence-electron chi connectivity index (χ3n) is 2.48. The van der Waals surface area contributed by atoms with E-state index < -0.39 is 0 Å². The fourth-order valence-corrected chi connectivity index (χ4v) is 1.65. The summed E-state index contributed by atoms with van der Waals surface area (Å²) in [5, 5.41) is 3.01. The number of hydrogen-bond donors (Lipinski definition) is 1. The standard InChI is InChI=1S/C11H15N3/c1-12-11-6-5-9(8-14-11)10-4-2-3-7-13-10/h5-6,8H,2-4,7H2,1H3,(H,12,14). The van der Waals surface area contributed by atoms with Crippen molar-refractivity contribution in [2.45, 2.75) is 19.3 Å². The minimum absolute atomic E-state index is 0.908. The minimum Gasteiger partial charge on any atom is -0.373 e. The van der Waals surface area contributed by atoms with Crippen LogP contribution in [0.5, 0.6) is 0 Å². The molecule has 2 rings (SSSR count). The van der Waals surface area contributed by atoms with E-state index in [2.05, 4.69) is 21.4 Å². The molecule has 14 heavy (non-hydrogen) atoms. The van der Waals surface area contributed by atoms with Crippen LogP contribution in [0.15, 0.2) is 23.3 Å². The quantitative estimate of drug-likeness (QED) is 0.773. The van der Waals surface area contributed by atoms with Crippen LogP contribution in [0.4, 0.5) is 5.82 Å². The lowest BCUT2D eigenvalue weighted by Gasteiger charge is -2.11. The molecule has 1 aliphatic heterocycles. The third kappa shape index (κ3) is 1.92. The highest BCUT2D eigenvalue weighted by atomic mass is 14.9. The average molecular weight is 189 g/mol. The maximum atomic E-state index is 4.51. The first-order valence-corrected chi connectivity index (χ1v) is 5.07. The van der Waals surface area contributed by atoms with Gasteiger partial charge in [-0.1, -0.05) is 0 Å². The summed E-state index contributed by atoms with van der Waals surface area (Å²) in [5.74, 6) is 0.908. The number of nitrogens with one attached hydrogen (secondary N) is 1. The van der Waals surface area contributed by atoms with Gasteiger partial charge >= 0.3 is 0 Å². The van der Waals surface area contributed by atoms with Gasteiger partial charge in [0.1, 0.15) is 5.82 Å². The summed E-state index contributed by atoms with van der Waals surface area (Å²) >= 11 is 0. The van der Waals surface area contributed by atoms with Crippen LogP contribution in [-0.4, -0.2) is 24.3 Å². The summed E-state index contributed by atoms with van der Waals surface area (Å²) in [4.78, 5) is 8.79. The predicted octanol–water partition coefficient (Wildman–Crippen LogP) is 2.10. The first-order valence-electron chi connectivity index (χ1n) is 5.07. The molecule has 1 aromatic rings. The van der Waals surface area contributed by atoms with E-state index in [-0.39, 0.29) is 0 Å². The molecule has 0 spiro atoms. The van der Waals surface area contributed by atoms with Gasteiger partial charge in [-0.3, -0.25) is 4.99 Å². The molecule has 1 aromatic heterocycles. The Kier molecular flexibility index (Phi) is 2.77. The van der Waals surface area contributed by atoms with Crippen molar-refractivity contribution in [3.05, 3.63) is 23.9 Å². The van der Waals surface area contributed by atoms with Gasteiger partial charge in [-0.15, -0.1) is 0 Å². The normalized spacial score (nSPS) is 16.2. The third-order valence-corrected chi connectivity index (χ3v) is 2.48. The Morgan fingerprint density at radius 3 is 2.79 bits per heavy atom. The molecule has 0 unspecified atom stereocenters. The fourth-order valence-electron chi connectivity index (χ4n) is 1.65. The largest absolute Gasteiger partial charge is 0.373 e. The van der Waals surface area contributed by atoms with Gasteiger partial charge in [0.25, 0.3) is 0 Å². The molecule has 3 nitrogen and oxygen atoms in total. The zero-order chi connectivity index (χ0) is 9.80. The highest BCUT2D eigenvalue weighted by Crippen LogP contribution is 2.13. The van der Waals surface area contributed by atoms with Crippen LogP contribution in [-0.2, 0) is 0 Å². The van der Waals surface area contributed by atoms with Gasteiger partial charge in [-0.05, 0) is 31.4 Å². The Morgan fingerprint density at radius 2 is 2.21 bits per heavy atom. The summed E-state index contributed by atoms with van der Waals surface area (Å²) in [6.07, 6.45) is 5.48. The predicted molar refractivity (Wildman–Crippen MR) is 59.0 cm³/mol. The maximum Gasteiger partial charge on any atom is 0.125 e. The smallest absolute Gasteiger partial charge is 0.125 e. The van der Waals surface area contributed by atoms with Crippen LogP contribution in [0, 0.1) is 0 Å². The fraction of sp³-hybridized carbons (Fsp3) is 0.455. The molecular formula is C11H15N3. The molecule has 0 atom stereocenters. The number of aromatic nitrogens is 1. The highest BCUT2D eigenvalue weighted by molar-refractivity contribution is 6.00. The van der Waals surface area contributed by atoms with E-state index in [1.54, 1.807) is 0 Å². The zero-order valence-electron chi connectivity index (χ0n) is 8.45. The molecule has 1 aliphatic rings. The molecule has 0 amide bonds. The van der Waals surface area contributed by atoms with Gasteiger partial charge in [0.2, 0.25) is 0 Å². The second-order valence-electron chi connectivity index (χ2n) is 3.47. The first kappa shape index (κ1) is 9.19. The van der Waals surface area contributed by atoms with Gasteiger partial charge in [0.05, 0.1) is 0 Å². The topological polar surface area (TPSA) is 37.3 Å². The van der Waals surface area contributed by atoms with Crippen LogP contribution < -0.4 is 5.32 Å². The zero-order valence-corrected chi connectivity index (χ0v) is 8.45. The summed E-state index contributed by atoms with van der Waals surface area (Å²) in [6.45, 7) is 0.975. The number of nitrogens with zero attached hydrogens (tertiary/aromatic N) is 2. The molecule has 1 N–H and O–H groups in total. The summed E-state index contributed by atoms with van der Waals surface area (Å²) < 4.78 is 0. The Morgan fingerprint density at radius 1 is 1.29 bits per heavy atom. The van der Waals surface area contributed by atoms with Crippen LogP contribution in [0.3, 0.4) is 0 Å². The maximum absolute atomic E-state index is 4.51. The van der Waals surface area contributed by atoms with Gasteiger partial charge in [-0.2, -0.15) is 0 Å². The number of anilines is 1. The number of rotatable bonds is 2. The molecule has 0 saturated heterocycles. The lowest BCUT2D eigenvalue weighted by Crippen LogP contribution is -2.08. The van der Waals surface area contributed by atoms with E-state index in [1.807, 2.05) is 19.3 Å². The summed E-state index contributed by atoms with van der Waals surface area (Å²) in [6, 6.07) is 4.08. The van der Waals surface area contributed by atoms with Crippen molar-refractivity contribution in [3.8, 4) is 0 Å². The Hall–Kier alpha value is -1.38. The van der Waals surface area contributed by atoms with Crippen molar-refractivity contribution >= 4 is 11.5 Å². The van der Waals surface area contributed by atoms with E-state index >= 15 is 0 Å². The van der Waals surface area contributed by atoms with Gasteiger partial charge in [0.15, 0.2) is 0 Å². The van der Waals surface area contributed by atoms with E-state index in [0.717, 1.165) is 18.8 Å². The van der Waals surface area contributed by atoms with E-state index in [9.17, 15) is 0 Å². The second-order valence-corrected chi connectivity index (χ2v) is 3.47. The molecule has 3 heteroatoms. The Balaban J connectivity index is 2.19. The van der Waals surface area contributed by atoms with Crippen molar-refractivity contribution in [3.63, 3.8) is 0 Å².